The third-order valence-corrected chi connectivity index (χ3v) is 1.64. The Morgan fingerprint density at radius 1 is 1.42 bits per heavy atom. The summed E-state index contributed by atoms with van der Waals surface area (Å²) in [6.07, 6.45) is 1.45. The van der Waals surface area contributed by atoms with Gasteiger partial charge in [0.15, 0.2) is 0 Å². The van der Waals surface area contributed by atoms with Crippen molar-refractivity contribution in [1.82, 2.24) is 0 Å². The molecule has 0 amide bonds. The molecule has 0 aromatic rings. The summed E-state index contributed by atoms with van der Waals surface area (Å²) in [4.78, 5) is 0. The maximum atomic E-state index is 9.21. The highest BCUT2D eigenvalue weighted by molar-refractivity contribution is 5.41. The van der Waals surface area contributed by atoms with Gasteiger partial charge >= 0.3 is 0 Å². The van der Waals surface area contributed by atoms with E-state index in [0.717, 1.165) is 0 Å². The molecule has 2 atom stereocenters. The van der Waals surface area contributed by atoms with Crippen molar-refractivity contribution in [3.05, 3.63) is 23.5 Å². The van der Waals surface area contributed by atoms with Crippen molar-refractivity contribution < 1.29 is 10.2 Å². The van der Waals surface area contributed by atoms with Crippen LogP contribution >= 0.6 is 0 Å². The average Bonchev–Trinajstić information content (AvgIpc) is 2.10. The Morgan fingerprint density at radius 2 is 2.08 bits per heavy atom. The summed E-state index contributed by atoms with van der Waals surface area (Å²) >= 11 is 0. The van der Waals surface area contributed by atoms with Gasteiger partial charge < -0.3 is 10.2 Å². The van der Waals surface area contributed by atoms with Crippen LogP contribution in [0.1, 0.15) is 0 Å². The van der Waals surface area contributed by atoms with Crippen LogP contribution < -0.4 is 0 Å². The van der Waals surface area contributed by atoms with Gasteiger partial charge in [0, 0.05) is 0 Å². The van der Waals surface area contributed by atoms with Crippen LogP contribution in [0.4, 0.5) is 0 Å². The Kier molecular flexibility index (Phi) is 2.14. The number of allylic oxidation sites excluding steroid dienone is 2. The number of hydrogen-bond donors (Lipinski definition) is 2. The molecule has 12 heavy (non-hydrogen) atoms. The second-order valence-electron chi connectivity index (χ2n) is 2.37. The molecule has 0 saturated carbocycles. The molecule has 0 radical (unpaired) electrons. The molecule has 0 saturated heterocycles. The monoisotopic (exact) mass is 162 g/mol. The van der Waals surface area contributed by atoms with Crippen LogP contribution in [0, 0.1) is 28.6 Å². The normalized spacial score (nSPS) is 27.9. The van der Waals surface area contributed by atoms with Crippen LogP contribution in [0.2, 0.25) is 0 Å². The number of hydrogen-bond acceptors (Lipinski definition) is 4. The minimum atomic E-state index is -1.27. The lowest BCUT2D eigenvalue weighted by Gasteiger charge is -2.16. The van der Waals surface area contributed by atoms with Crippen molar-refractivity contribution in [3.63, 3.8) is 0 Å². The van der Waals surface area contributed by atoms with Crippen LogP contribution in [0.15, 0.2) is 23.5 Å². The van der Waals surface area contributed by atoms with Gasteiger partial charge in [-0.3, -0.25) is 0 Å². The van der Waals surface area contributed by atoms with Crippen LogP contribution in [-0.2, 0) is 0 Å². The summed E-state index contributed by atoms with van der Waals surface area (Å²) in [5.74, 6) is -1.19. The van der Waals surface area contributed by atoms with Crippen molar-refractivity contribution in [2.75, 3.05) is 0 Å². The SMILES string of the molecule is N#CC1=C(O)C(O)C(C#N)C=C1. The fourth-order valence-electron chi connectivity index (χ4n) is 0.928. The molecule has 60 valence electrons. The molecule has 1 rings (SSSR count). The third kappa shape index (κ3) is 1.16. The highest BCUT2D eigenvalue weighted by Gasteiger charge is 2.25. The Hall–Kier alpha value is -1.78. The molecule has 1 aliphatic carbocycles. The molecule has 2 N–H and O–H groups in total. The standard InChI is InChI=1S/C8H6N2O2/c9-3-5-1-2-6(4-10)8(12)7(5)11/h1-2,5,7,11-12H. The van der Waals surface area contributed by atoms with Crippen molar-refractivity contribution in [1.29, 1.82) is 10.5 Å². The fourth-order valence-corrected chi connectivity index (χ4v) is 0.928. The van der Waals surface area contributed by atoms with Gasteiger partial charge in [-0.15, -0.1) is 0 Å². The minimum absolute atomic E-state index is 0.00833. The number of rotatable bonds is 0. The highest BCUT2D eigenvalue weighted by atomic mass is 16.3. The van der Waals surface area contributed by atoms with E-state index in [4.69, 9.17) is 15.6 Å². The van der Waals surface area contributed by atoms with E-state index in [1.165, 1.54) is 12.2 Å². The molecule has 0 aromatic carbocycles. The Morgan fingerprint density at radius 3 is 2.58 bits per heavy atom. The summed E-state index contributed by atoms with van der Waals surface area (Å²) < 4.78 is 0. The second-order valence-corrected chi connectivity index (χ2v) is 2.37. The molecule has 4 nitrogen and oxygen atoms in total. The number of nitrogens with zero attached hydrogens (tertiary/aromatic N) is 2. The molecule has 1 aliphatic rings. The summed E-state index contributed by atoms with van der Waals surface area (Å²) in [6, 6.07) is 3.49. The molecule has 2 unspecified atom stereocenters. The Labute approximate surface area is 69.3 Å². The smallest absolute Gasteiger partial charge is 0.140 e. The zero-order chi connectivity index (χ0) is 9.14. The van der Waals surface area contributed by atoms with Gasteiger partial charge in [-0.2, -0.15) is 10.5 Å². The fraction of sp³-hybridized carbons (Fsp3) is 0.250. The first kappa shape index (κ1) is 8.32. The van der Waals surface area contributed by atoms with Gasteiger partial charge in [0.1, 0.15) is 17.9 Å². The zero-order valence-corrected chi connectivity index (χ0v) is 6.10. The van der Waals surface area contributed by atoms with Crippen LogP contribution in [0.25, 0.3) is 0 Å². The Balaban J connectivity index is 3.02. The lowest BCUT2D eigenvalue weighted by atomic mass is 9.94. The average molecular weight is 162 g/mol. The molecule has 4 heteroatoms. The lowest BCUT2D eigenvalue weighted by molar-refractivity contribution is 0.130. The zero-order valence-electron chi connectivity index (χ0n) is 6.10. The predicted octanol–water partition coefficient (Wildman–Crippen LogP) is 0.393. The first-order chi connectivity index (χ1) is 5.70. The summed E-state index contributed by atoms with van der Waals surface area (Å²) in [6.45, 7) is 0. The lowest BCUT2D eigenvalue weighted by Crippen LogP contribution is -2.23. The van der Waals surface area contributed by atoms with Gasteiger partial charge in [-0.1, -0.05) is 6.08 Å². The highest BCUT2D eigenvalue weighted by Crippen LogP contribution is 2.21. The molecular weight excluding hydrogens is 156 g/mol. The maximum absolute atomic E-state index is 9.21. The summed E-state index contributed by atoms with van der Waals surface area (Å²) in [7, 11) is 0. The van der Waals surface area contributed by atoms with Crippen LogP contribution in [0.3, 0.4) is 0 Å². The molecule has 0 bridgehead atoms. The predicted molar refractivity (Wildman–Crippen MR) is 39.5 cm³/mol. The maximum Gasteiger partial charge on any atom is 0.140 e. The molecule has 0 aromatic heterocycles. The topological polar surface area (TPSA) is 88.0 Å². The first-order valence-corrected chi connectivity index (χ1v) is 3.30. The van der Waals surface area contributed by atoms with Crippen LogP contribution in [-0.4, -0.2) is 16.3 Å². The van der Waals surface area contributed by atoms with Crippen molar-refractivity contribution in [3.8, 4) is 12.1 Å². The van der Waals surface area contributed by atoms with E-state index < -0.39 is 17.8 Å². The first-order valence-electron chi connectivity index (χ1n) is 3.30. The van der Waals surface area contributed by atoms with Gasteiger partial charge in [0.25, 0.3) is 0 Å². The summed E-state index contributed by atoms with van der Waals surface area (Å²) in [5.41, 5.74) is 0.00833. The molecule has 0 aliphatic heterocycles. The number of aliphatic hydroxyl groups excluding tert-OH is 2. The molecular formula is C8H6N2O2. The van der Waals surface area contributed by atoms with Crippen molar-refractivity contribution >= 4 is 0 Å². The number of nitriles is 2. The minimum Gasteiger partial charge on any atom is -0.508 e. The largest absolute Gasteiger partial charge is 0.508 e. The second kappa shape index (κ2) is 3.08. The van der Waals surface area contributed by atoms with Gasteiger partial charge in [0.05, 0.1) is 17.6 Å². The van der Waals surface area contributed by atoms with Crippen molar-refractivity contribution in [2.24, 2.45) is 5.92 Å². The summed E-state index contributed by atoms with van der Waals surface area (Å²) in [5, 5.41) is 35.2. The molecule has 0 fully saturated rings. The Bertz CT molecular complexity index is 330. The quantitative estimate of drug-likeness (QED) is 0.539. The van der Waals surface area contributed by atoms with E-state index in [2.05, 4.69) is 0 Å². The van der Waals surface area contributed by atoms with E-state index in [1.54, 1.807) is 12.1 Å². The van der Waals surface area contributed by atoms with Crippen LogP contribution in [0.5, 0.6) is 0 Å². The van der Waals surface area contributed by atoms with Gasteiger partial charge in [0.2, 0.25) is 0 Å². The third-order valence-electron chi connectivity index (χ3n) is 1.64. The molecule has 0 spiro atoms. The van der Waals surface area contributed by atoms with E-state index in [1.807, 2.05) is 0 Å². The van der Waals surface area contributed by atoms with Gasteiger partial charge in [-0.05, 0) is 6.08 Å². The number of aliphatic hydroxyl groups is 2. The van der Waals surface area contributed by atoms with Gasteiger partial charge in [-0.25, -0.2) is 0 Å². The van der Waals surface area contributed by atoms with E-state index in [0.29, 0.717) is 0 Å². The molecule has 0 heterocycles. The van der Waals surface area contributed by atoms with Crippen molar-refractivity contribution in [2.45, 2.75) is 6.10 Å². The van der Waals surface area contributed by atoms with E-state index in [9.17, 15) is 5.11 Å². The van der Waals surface area contributed by atoms with E-state index in [-0.39, 0.29) is 5.57 Å². The van der Waals surface area contributed by atoms with E-state index >= 15 is 0 Å².